The Morgan fingerprint density at radius 1 is 1.13 bits per heavy atom. The van der Waals surface area contributed by atoms with Gasteiger partial charge in [-0.1, -0.05) is 28.9 Å². The van der Waals surface area contributed by atoms with E-state index in [-0.39, 0.29) is 25.3 Å². The molecule has 2 aliphatic rings. The van der Waals surface area contributed by atoms with Crippen LogP contribution in [0.1, 0.15) is 17.5 Å². The maximum Gasteiger partial charge on any atom is 0.231 e. The van der Waals surface area contributed by atoms with Crippen molar-refractivity contribution in [3.63, 3.8) is 0 Å². The minimum atomic E-state index is -0.0583. The normalized spacial score (nSPS) is 16.4. The second-order valence-corrected chi connectivity index (χ2v) is 7.62. The minimum absolute atomic E-state index is 0. The third-order valence-electron chi connectivity index (χ3n) is 5.14. The fraction of sp³-hybridized carbons (Fsp3) is 0.409. The summed E-state index contributed by atoms with van der Waals surface area (Å²) in [6.07, 6.45) is 2.27. The van der Waals surface area contributed by atoms with E-state index in [9.17, 15) is 0 Å². The number of oxime groups is 1. The first-order chi connectivity index (χ1) is 14.7. The van der Waals surface area contributed by atoms with Crippen LogP contribution < -0.4 is 24.3 Å². The molecule has 1 N–H and O–H groups in total. The van der Waals surface area contributed by atoms with Crippen LogP contribution in [0.25, 0.3) is 0 Å². The van der Waals surface area contributed by atoms with Gasteiger partial charge in [0.05, 0.1) is 19.9 Å². The van der Waals surface area contributed by atoms with Crippen LogP contribution in [0.5, 0.6) is 23.0 Å². The summed E-state index contributed by atoms with van der Waals surface area (Å²) >= 11 is 5.92. The number of halogens is 2. The van der Waals surface area contributed by atoms with Crippen molar-refractivity contribution in [2.45, 2.75) is 25.4 Å². The second kappa shape index (κ2) is 10.8. The summed E-state index contributed by atoms with van der Waals surface area (Å²) in [4.78, 5) is 5.66. The molecule has 0 amide bonds. The predicted octanol–water partition coefficient (Wildman–Crippen LogP) is 4.03. The summed E-state index contributed by atoms with van der Waals surface area (Å²) in [5, 5.41) is 8.43. The number of nitrogens with zero attached hydrogens (tertiary/aromatic N) is 1. The van der Waals surface area contributed by atoms with Gasteiger partial charge in [-0.15, -0.1) is 12.4 Å². The van der Waals surface area contributed by atoms with Gasteiger partial charge in [-0.2, -0.15) is 0 Å². The number of rotatable bonds is 9. The molecule has 0 spiro atoms. The van der Waals surface area contributed by atoms with Crippen LogP contribution in [0.3, 0.4) is 0 Å². The lowest BCUT2D eigenvalue weighted by molar-refractivity contribution is 0.0853. The van der Waals surface area contributed by atoms with E-state index in [1.165, 1.54) is 5.56 Å². The van der Waals surface area contributed by atoms with Crippen LogP contribution >= 0.6 is 24.0 Å². The topological polar surface area (TPSA) is 70.5 Å². The number of hydrogen-bond acceptors (Lipinski definition) is 7. The minimum Gasteiger partial charge on any atom is -0.493 e. The van der Waals surface area contributed by atoms with Gasteiger partial charge in [0.25, 0.3) is 0 Å². The van der Waals surface area contributed by atoms with Gasteiger partial charge >= 0.3 is 0 Å². The molecule has 0 saturated heterocycles. The SMILES string of the molecule is COc1cc(CC2CC(CNCCc3ccc(Cl)cc3)=NO2)c(OC)c2c1OCO2.Cl. The Balaban J connectivity index is 0.00000272. The Bertz CT molecular complexity index is 921. The van der Waals surface area contributed by atoms with Crippen LogP contribution in [0, 0.1) is 0 Å². The van der Waals surface area contributed by atoms with E-state index in [4.69, 9.17) is 35.4 Å². The highest BCUT2D eigenvalue weighted by atomic mass is 35.5. The van der Waals surface area contributed by atoms with Gasteiger partial charge in [0.15, 0.2) is 11.5 Å². The standard InChI is InChI=1S/C22H25ClN2O5.ClH/c1-26-19-10-15(20(27-2)22-21(19)28-13-29-22)9-18-11-17(25-30-18)12-24-8-7-14-3-5-16(23)6-4-14;/h3-6,10,18,24H,7-9,11-13H2,1-2H3;1H. The lowest BCUT2D eigenvalue weighted by Crippen LogP contribution is -2.25. The lowest BCUT2D eigenvalue weighted by atomic mass is 10.0. The van der Waals surface area contributed by atoms with E-state index in [1.54, 1.807) is 14.2 Å². The Morgan fingerprint density at radius 2 is 1.90 bits per heavy atom. The van der Waals surface area contributed by atoms with E-state index >= 15 is 0 Å². The molecule has 0 radical (unpaired) electrons. The van der Waals surface area contributed by atoms with Crippen molar-refractivity contribution >= 4 is 29.7 Å². The molecular weight excluding hydrogens is 443 g/mol. The fourth-order valence-electron chi connectivity index (χ4n) is 3.65. The summed E-state index contributed by atoms with van der Waals surface area (Å²) in [7, 11) is 3.23. The molecule has 0 aliphatic carbocycles. The monoisotopic (exact) mass is 468 g/mol. The maximum absolute atomic E-state index is 5.92. The summed E-state index contributed by atoms with van der Waals surface area (Å²) in [5.41, 5.74) is 3.19. The Hall–Kier alpha value is -2.35. The third-order valence-corrected chi connectivity index (χ3v) is 5.39. The van der Waals surface area contributed by atoms with Crippen molar-refractivity contribution in [1.82, 2.24) is 5.32 Å². The first-order valence-corrected chi connectivity index (χ1v) is 10.3. The van der Waals surface area contributed by atoms with Gasteiger partial charge in [-0.05, 0) is 36.7 Å². The Labute approximate surface area is 193 Å². The molecule has 7 nitrogen and oxygen atoms in total. The molecule has 2 aromatic carbocycles. The molecule has 2 aliphatic heterocycles. The zero-order valence-corrected chi connectivity index (χ0v) is 19.1. The van der Waals surface area contributed by atoms with Gasteiger partial charge in [-0.25, -0.2) is 0 Å². The van der Waals surface area contributed by atoms with Crippen LogP contribution in [0.4, 0.5) is 0 Å². The van der Waals surface area contributed by atoms with Crippen molar-refractivity contribution in [2.75, 3.05) is 34.1 Å². The average Bonchev–Trinajstić information content (AvgIpc) is 3.42. The smallest absolute Gasteiger partial charge is 0.231 e. The van der Waals surface area contributed by atoms with Crippen molar-refractivity contribution in [2.24, 2.45) is 5.16 Å². The van der Waals surface area contributed by atoms with Crippen LogP contribution in [-0.4, -0.2) is 45.9 Å². The van der Waals surface area contributed by atoms with Gasteiger partial charge in [0, 0.05) is 30.0 Å². The first-order valence-electron chi connectivity index (χ1n) is 9.88. The molecule has 31 heavy (non-hydrogen) atoms. The fourth-order valence-corrected chi connectivity index (χ4v) is 3.78. The summed E-state index contributed by atoms with van der Waals surface area (Å²) < 4.78 is 22.1. The van der Waals surface area contributed by atoms with Crippen LogP contribution in [0.15, 0.2) is 35.5 Å². The highest BCUT2D eigenvalue weighted by Crippen LogP contribution is 2.49. The third kappa shape index (κ3) is 5.47. The largest absolute Gasteiger partial charge is 0.493 e. The zero-order chi connectivity index (χ0) is 20.9. The highest BCUT2D eigenvalue weighted by molar-refractivity contribution is 6.30. The predicted molar refractivity (Wildman–Crippen MR) is 122 cm³/mol. The lowest BCUT2D eigenvalue weighted by Gasteiger charge is -2.15. The maximum atomic E-state index is 5.92. The van der Waals surface area contributed by atoms with Crippen molar-refractivity contribution in [3.8, 4) is 23.0 Å². The van der Waals surface area contributed by atoms with Crippen LogP contribution in [-0.2, 0) is 17.7 Å². The van der Waals surface area contributed by atoms with Gasteiger partial charge in [0.2, 0.25) is 18.3 Å². The van der Waals surface area contributed by atoms with E-state index in [0.717, 1.165) is 35.7 Å². The first kappa shape index (κ1) is 23.3. The number of ether oxygens (including phenoxy) is 4. The number of benzene rings is 2. The molecule has 1 unspecified atom stereocenters. The number of hydrogen-bond donors (Lipinski definition) is 1. The quantitative estimate of drug-likeness (QED) is 0.560. The number of methoxy groups -OCH3 is 2. The molecular formula is C22H26Cl2N2O5. The van der Waals surface area contributed by atoms with E-state index in [1.807, 2.05) is 30.3 Å². The molecule has 168 valence electrons. The molecule has 0 bridgehead atoms. The number of fused-ring (bicyclic) bond motifs is 1. The molecule has 0 aromatic heterocycles. The molecule has 0 saturated carbocycles. The average molecular weight is 469 g/mol. The molecule has 9 heteroatoms. The summed E-state index contributed by atoms with van der Waals surface area (Å²) in [6, 6.07) is 9.83. The van der Waals surface area contributed by atoms with Crippen molar-refractivity contribution in [1.29, 1.82) is 0 Å². The number of nitrogens with one attached hydrogen (secondary N) is 1. The molecule has 0 fully saturated rings. The molecule has 4 rings (SSSR count). The molecule has 2 heterocycles. The second-order valence-electron chi connectivity index (χ2n) is 7.18. The summed E-state index contributed by atoms with van der Waals surface area (Å²) in [6.45, 7) is 1.71. The zero-order valence-electron chi connectivity index (χ0n) is 17.5. The molecule has 2 aromatic rings. The molecule has 1 atom stereocenters. The van der Waals surface area contributed by atoms with Crippen molar-refractivity contribution < 1.29 is 23.8 Å². The highest BCUT2D eigenvalue weighted by Gasteiger charge is 2.30. The summed E-state index contributed by atoms with van der Waals surface area (Å²) in [5.74, 6) is 2.44. The van der Waals surface area contributed by atoms with E-state index in [0.29, 0.717) is 36.0 Å². The Kier molecular flexibility index (Phi) is 8.12. The van der Waals surface area contributed by atoms with Gasteiger partial charge in [0.1, 0.15) is 6.10 Å². The van der Waals surface area contributed by atoms with E-state index in [2.05, 4.69) is 10.5 Å². The van der Waals surface area contributed by atoms with Crippen molar-refractivity contribution in [3.05, 3.63) is 46.5 Å². The van der Waals surface area contributed by atoms with E-state index < -0.39 is 0 Å². The Morgan fingerprint density at radius 3 is 2.65 bits per heavy atom. The van der Waals surface area contributed by atoms with Crippen LogP contribution in [0.2, 0.25) is 5.02 Å². The van der Waals surface area contributed by atoms with Gasteiger partial charge < -0.3 is 29.1 Å². The van der Waals surface area contributed by atoms with Gasteiger partial charge in [-0.3, -0.25) is 0 Å².